The maximum Gasteiger partial charge on any atom is 0.340 e. The van der Waals surface area contributed by atoms with Gasteiger partial charge in [-0.2, -0.15) is 0 Å². The van der Waals surface area contributed by atoms with Gasteiger partial charge in [-0.1, -0.05) is 30.3 Å². The summed E-state index contributed by atoms with van der Waals surface area (Å²) in [6.45, 7) is 7.46. The number of ether oxygens (including phenoxy) is 1. The molecule has 0 radical (unpaired) electrons. The minimum absolute atomic E-state index is 0.0509. The molecule has 3 rings (SSSR count). The average molecular weight is 418 g/mol. The third kappa shape index (κ3) is 5.28. The topological polar surface area (TPSA) is 77.4 Å². The lowest BCUT2D eigenvalue weighted by atomic mass is 10.1. The van der Waals surface area contributed by atoms with Crippen LogP contribution in [0.3, 0.4) is 0 Å². The monoisotopic (exact) mass is 418 g/mol. The van der Waals surface area contributed by atoms with E-state index in [-0.39, 0.29) is 5.78 Å². The molecule has 31 heavy (non-hydrogen) atoms. The first-order valence-corrected chi connectivity index (χ1v) is 10.1. The van der Waals surface area contributed by atoms with E-state index in [1.807, 2.05) is 48.7 Å². The van der Waals surface area contributed by atoms with Crippen molar-refractivity contribution in [2.24, 2.45) is 0 Å². The Morgan fingerprint density at radius 1 is 1.00 bits per heavy atom. The quantitative estimate of drug-likeness (QED) is 0.451. The average Bonchev–Trinajstić information content (AvgIpc) is 3.03. The molecule has 0 saturated carbocycles. The Labute approximate surface area is 181 Å². The highest BCUT2D eigenvalue weighted by molar-refractivity contribution is 5.98. The summed E-state index contributed by atoms with van der Waals surface area (Å²) in [6, 6.07) is 18.3. The molecule has 0 spiro atoms. The molecule has 0 aliphatic heterocycles. The molecule has 0 fully saturated rings. The van der Waals surface area contributed by atoms with Crippen LogP contribution in [-0.2, 0) is 16.1 Å². The SMILES string of the molecule is CC(=O)c1ccc(NC(=O)[C@@H](C)OC(=O)c2cc(C)n(Cc3ccccc3)c2C)cc1. The van der Waals surface area contributed by atoms with Gasteiger partial charge >= 0.3 is 5.97 Å². The normalized spacial score (nSPS) is 11.6. The van der Waals surface area contributed by atoms with Gasteiger partial charge in [0.05, 0.1) is 5.56 Å². The Morgan fingerprint density at radius 3 is 2.26 bits per heavy atom. The van der Waals surface area contributed by atoms with Gasteiger partial charge in [-0.3, -0.25) is 9.59 Å². The number of carbonyl (C=O) groups excluding carboxylic acids is 3. The first-order valence-electron chi connectivity index (χ1n) is 10.1. The number of ketones is 1. The first-order chi connectivity index (χ1) is 14.8. The third-order valence-electron chi connectivity index (χ3n) is 5.19. The molecule has 0 aliphatic carbocycles. The number of nitrogens with zero attached hydrogens (tertiary/aromatic N) is 1. The Kier molecular flexibility index (Phi) is 6.70. The largest absolute Gasteiger partial charge is 0.449 e. The van der Waals surface area contributed by atoms with Gasteiger partial charge in [-0.15, -0.1) is 0 Å². The number of carbonyl (C=O) groups is 3. The summed E-state index contributed by atoms with van der Waals surface area (Å²) in [5.41, 5.74) is 4.39. The zero-order valence-corrected chi connectivity index (χ0v) is 18.1. The molecule has 0 saturated heterocycles. The summed E-state index contributed by atoms with van der Waals surface area (Å²) in [5, 5.41) is 2.70. The van der Waals surface area contributed by atoms with E-state index < -0.39 is 18.0 Å². The minimum atomic E-state index is -0.975. The molecule has 1 heterocycles. The van der Waals surface area contributed by atoms with Crippen LogP contribution in [0.2, 0.25) is 0 Å². The van der Waals surface area contributed by atoms with Crippen molar-refractivity contribution in [2.45, 2.75) is 40.3 Å². The number of rotatable bonds is 7. The van der Waals surface area contributed by atoms with Crippen LogP contribution in [0.1, 0.15) is 51.5 Å². The Hall–Kier alpha value is -3.67. The minimum Gasteiger partial charge on any atom is -0.449 e. The van der Waals surface area contributed by atoms with E-state index in [1.54, 1.807) is 30.3 Å². The zero-order valence-electron chi connectivity index (χ0n) is 18.1. The highest BCUT2D eigenvalue weighted by Crippen LogP contribution is 2.19. The molecule has 1 aromatic heterocycles. The lowest BCUT2D eigenvalue weighted by Crippen LogP contribution is -2.30. The van der Waals surface area contributed by atoms with Crippen LogP contribution in [0, 0.1) is 13.8 Å². The Morgan fingerprint density at radius 2 is 1.65 bits per heavy atom. The van der Waals surface area contributed by atoms with E-state index in [4.69, 9.17) is 4.74 Å². The van der Waals surface area contributed by atoms with Crippen molar-refractivity contribution in [1.82, 2.24) is 4.57 Å². The second kappa shape index (κ2) is 9.43. The summed E-state index contributed by atoms with van der Waals surface area (Å²) in [7, 11) is 0. The maximum atomic E-state index is 12.7. The highest BCUT2D eigenvalue weighted by Gasteiger charge is 2.23. The fraction of sp³-hybridized carbons (Fsp3) is 0.240. The highest BCUT2D eigenvalue weighted by atomic mass is 16.5. The molecule has 0 unspecified atom stereocenters. The second-order valence-corrected chi connectivity index (χ2v) is 7.53. The van der Waals surface area contributed by atoms with Crippen molar-refractivity contribution < 1.29 is 19.1 Å². The molecule has 160 valence electrons. The van der Waals surface area contributed by atoms with Crippen molar-refractivity contribution >= 4 is 23.3 Å². The number of hydrogen-bond donors (Lipinski definition) is 1. The van der Waals surface area contributed by atoms with Gasteiger partial charge < -0.3 is 14.6 Å². The van der Waals surface area contributed by atoms with Crippen LogP contribution >= 0.6 is 0 Å². The molecule has 3 aromatic rings. The van der Waals surface area contributed by atoms with Gasteiger partial charge in [-0.25, -0.2) is 4.79 Å². The predicted octanol–water partition coefficient (Wildman–Crippen LogP) is 4.54. The zero-order chi connectivity index (χ0) is 22.5. The molecule has 1 N–H and O–H groups in total. The van der Waals surface area contributed by atoms with Gasteiger partial charge in [0.25, 0.3) is 5.91 Å². The van der Waals surface area contributed by atoms with Crippen molar-refractivity contribution in [3.8, 4) is 0 Å². The van der Waals surface area contributed by atoms with Gasteiger partial charge in [0.15, 0.2) is 11.9 Å². The van der Waals surface area contributed by atoms with E-state index in [2.05, 4.69) is 5.32 Å². The summed E-state index contributed by atoms with van der Waals surface area (Å²) in [6.07, 6.45) is -0.975. The molecule has 2 aromatic carbocycles. The number of hydrogen-bond acceptors (Lipinski definition) is 4. The van der Waals surface area contributed by atoms with E-state index in [9.17, 15) is 14.4 Å². The van der Waals surface area contributed by atoms with Crippen molar-refractivity contribution in [3.05, 3.63) is 88.7 Å². The Bertz CT molecular complexity index is 1100. The number of aryl methyl sites for hydroxylation is 1. The molecule has 1 amide bonds. The van der Waals surface area contributed by atoms with Crippen LogP contribution in [0.25, 0.3) is 0 Å². The van der Waals surface area contributed by atoms with Gasteiger partial charge in [0, 0.05) is 29.2 Å². The number of Topliss-reactive ketones (excluding diaryl/α,β-unsaturated/α-hetero) is 1. The number of amides is 1. The van der Waals surface area contributed by atoms with Gasteiger partial charge in [0.2, 0.25) is 0 Å². The number of aromatic nitrogens is 1. The van der Waals surface area contributed by atoms with E-state index in [1.165, 1.54) is 13.8 Å². The number of anilines is 1. The molecular formula is C25H26N2O4. The number of nitrogens with one attached hydrogen (secondary N) is 1. The fourth-order valence-electron chi connectivity index (χ4n) is 3.33. The lowest BCUT2D eigenvalue weighted by Gasteiger charge is -2.14. The van der Waals surface area contributed by atoms with Crippen LogP contribution in [-0.4, -0.2) is 28.3 Å². The summed E-state index contributed by atoms with van der Waals surface area (Å²) in [5.74, 6) is -1.03. The predicted molar refractivity (Wildman–Crippen MR) is 119 cm³/mol. The third-order valence-corrected chi connectivity index (χ3v) is 5.19. The van der Waals surface area contributed by atoms with Crippen molar-refractivity contribution in [3.63, 3.8) is 0 Å². The molecule has 1 atom stereocenters. The standard InChI is InChI=1S/C25H26N2O4/c1-16-14-23(17(2)27(16)15-20-8-6-5-7-9-20)25(30)31-19(4)24(29)26-22-12-10-21(11-13-22)18(3)28/h5-14,19H,15H2,1-4H3,(H,26,29)/t19-/m1/s1. The molecule has 0 bridgehead atoms. The molecule has 6 heteroatoms. The lowest BCUT2D eigenvalue weighted by molar-refractivity contribution is -0.123. The first kappa shape index (κ1) is 22.0. The van der Waals surface area contributed by atoms with Crippen LogP contribution in [0.5, 0.6) is 0 Å². The Balaban J connectivity index is 1.65. The van der Waals surface area contributed by atoms with Gasteiger partial charge in [-0.05, 0) is 63.6 Å². The molecule has 0 aliphatic rings. The van der Waals surface area contributed by atoms with Crippen LogP contribution in [0.15, 0.2) is 60.7 Å². The van der Waals surface area contributed by atoms with Crippen molar-refractivity contribution in [1.29, 1.82) is 0 Å². The molecule has 6 nitrogen and oxygen atoms in total. The molecular weight excluding hydrogens is 392 g/mol. The van der Waals surface area contributed by atoms with Crippen LogP contribution in [0.4, 0.5) is 5.69 Å². The maximum absolute atomic E-state index is 12.7. The summed E-state index contributed by atoms with van der Waals surface area (Å²) in [4.78, 5) is 36.5. The number of esters is 1. The van der Waals surface area contributed by atoms with E-state index in [0.717, 1.165) is 17.0 Å². The summed E-state index contributed by atoms with van der Waals surface area (Å²) < 4.78 is 7.46. The van der Waals surface area contributed by atoms with Gasteiger partial charge in [0.1, 0.15) is 0 Å². The summed E-state index contributed by atoms with van der Waals surface area (Å²) >= 11 is 0. The second-order valence-electron chi connectivity index (χ2n) is 7.53. The van der Waals surface area contributed by atoms with E-state index >= 15 is 0 Å². The fourth-order valence-corrected chi connectivity index (χ4v) is 3.33. The van der Waals surface area contributed by atoms with Crippen molar-refractivity contribution in [2.75, 3.05) is 5.32 Å². The number of benzene rings is 2. The smallest absolute Gasteiger partial charge is 0.340 e. The van der Waals surface area contributed by atoms with Crippen LogP contribution < -0.4 is 5.32 Å². The van der Waals surface area contributed by atoms with E-state index in [0.29, 0.717) is 23.4 Å².